The van der Waals surface area contributed by atoms with Crippen molar-refractivity contribution in [3.8, 4) is 5.75 Å². The molecule has 4 nitrogen and oxygen atoms in total. The van der Waals surface area contributed by atoms with Gasteiger partial charge in [0.25, 0.3) is 0 Å². The van der Waals surface area contributed by atoms with Gasteiger partial charge in [-0.1, -0.05) is 37.5 Å². The number of amides is 1. The molecule has 2 heterocycles. The van der Waals surface area contributed by atoms with Gasteiger partial charge in [-0.05, 0) is 36.8 Å². The average molecular weight is 342 g/mol. The Hall–Kier alpha value is -1.55. The zero-order chi connectivity index (χ0) is 17.1. The number of piperazine rings is 1. The first kappa shape index (κ1) is 16.9. The highest BCUT2D eigenvalue weighted by molar-refractivity contribution is 5.80. The summed E-state index contributed by atoms with van der Waals surface area (Å²) in [5.41, 5.74) is 1.17. The Morgan fingerprint density at radius 2 is 1.80 bits per heavy atom. The van der Waals surface area contributed by atoms with E-state index in [1.165, 1.54) is 44.2 Å². The van der Waals surface area contributed by atoms with Crippen LogP contribution >= 0.6 is 0 Å². The van der Waals surface area contributed by atoms with E-state index >= 15 is 0 Å². The smallest absolute Gasteiger partial charge is 0.229 e. The number of nitrogens with zero attached hydrogens (tertiary/aromatic N) is 2. The molecule has 0 bridgehead atoms. The van der Waals surface area contributed by atoms with E-state index in [2.05, 4.69) is 15.9 Å². The molecule has 136 valence electrons. The van der Waals surface area contributed by atoms with E-state index in [9.17, 15) is 4.79 Å². The second-order valence-corrected chi connectivity index (χ2v) is 7.95. The van der Waals surface area contributed by atoms with Crippen LogP contribution in [0.15, 0.2) is 24.3 Å². The number of benzene rings is 1. The monoisotopic (exact) mass is 342 g/mol. The van der Waals surface area contributed by atoms with Crippen molar-refractivity contribution in [2.24, 2.45) is 11.8 Å². The third-order valence-electron chi connectivity index (χ3n) is 6.15. The van der Waals surface area contributed by atoms with E-state index in [0.717, 1.165) is 44.3 Å². The lowest BCUT2D eigenvalue weighted by Gasteiger charge is -2.39. The molecule has 1 saturated carbocycles. The number of carbonyl (C=O) groups excluding carboxylic acids is 1. The average Bonchev–Trinajstić information content (AvgIpc) is 2.68. The van der Waals surface area contributed by atoms with Crippen LogP contribution in [0.3, 0.4) is 0 Å². The quantitative estimate of drug-likeness (QED) is 0.847. The Labute approximate surface area is 151 Å². The lowest BCUT2D eigenvalue weighted by atomic mass is 9.89. The molecule has 1 aliphatic carbocycles. The summed E-state index contributed by atoms with van der Waals surface area (Å²) in [4.78, 5) is 17.5. The Kier molecular flexibility index (Phi) is 5.25. The predicted octanol–water partition coefficient (Wildman–Crippen LogP) is 2.96. The maximum Gasteiger partial charge on any atom is 0.229 e. The van der Waals surface area contributed by atoms with Crippen LogP contribution < -0.4 is 4.74 Å². The van der Waals surface area contributed by atoms with E-state index in [1.807, 2.05) is 18.2 Å². The molecule has 1 atom stereocenters. The molecule has 1 aromatic rings. The van der Waals surface area contributed by atoms with Gasteiger partial charge >= 0.3 is 0 Å². The molecule has 2 fully saturated rings. The first-order valence-corrected chi connectivity index (χ1v) is 10.0. The fraction of sp³-hybridized carbons (Fsp3) is 0.667. The number of hydrogen-bond acceptors (Lipinski definition) is 3. The summed E-state index contributed by atoms with van der Waals surface area (Å²) >= 11 is 0. The van der Waals surface area contributed by atoms with Crippen molar-refractivity contribution < 1.29 is 9.53 Å². The highest BCUT2D eigenvalue weighted by Gasteiger charge is 2.31. The molecule has 4 heteroatoms. The van der Waals surface area contributed by atoms with Crippen molar-refractivity contribution in [2.75, 3.05) is 39.3 Å². The fourth-order valence-corrected chi connectivity index (χ4v) is 4.63. The SMILES string of the molecule is O=C(C1COc2ccccc2C1)N1CCN(CC2CCCCC2)CC1. The Morgan fingerprint density at radius 3 is 2.60 bits per heavy atom. The van der Waals surface area contributed by atoms with E-state index < -0.39 is 0 Å². The second kappa shape index (κ2) is 7.77. The Bertz CT molecular complexity index is 589. The van der Waals surface area contributed by atoms with Crippen molar-refractivity contribution in [3.63, 3.8) is 0 Å². The first-order chi connectivity index (χ1) is 12.3. The highest BCUT2D eigenvalue weighted by Crippen LogP contribution is 2.28. The molecule has 0 aromatic heterocycles. The van der Waals surface area contributed by atoms with Gasteiger partial charge in [-0.3, -0.25) is 9.69 Å². The van der Waals surface area contributed by atoms with Gasteiger partial charge in [-0.2, -0.15) is 0 Å². The van der Waals surface area contributed by atoms with Crippen molar-refractivity contribution >= 4 is 5.91 Å². The van der Waals surface area contributed by atoms with Crippen LogP contribution in [0.2, 0.25) is 0 Å². The van der Waals surface area contributed by atoms with Crippen molar-refractivity contribution in [3.05, 3.63) is 29.8 Å². The van der Waals surface area contributed by atoms with Crippen LogP contribution in [0, 0.1) is 11.8 Å². The third-order valence-corrected chi connectivity index (χ3v) is 6.15. The summed E-state index contributed by atoms with van der Waals surface area (Å²) in [6, 6.07) is 8.10. The van der Waals surface area contributed by atoms with E-state index in [1.54, 1.807) is 0 Å². The number of rotatable bonds is 3. The number of fused-ring (bicyclic) bond motifs is 1. The van der Waals surface area contributed by atoms with Crippen molar-refractivity contribution in [1.82, 2.24) is 9.80 Å². The van der Waals surface area contributed by atoms with Crippen LogP contribution in [0.25, 0.3) is 0 Å². The largest absolute Gasteiger partial charge is 0.492 e. The molecular weight excluding hydrogens is 312 g/mol. The zero-order valence-electron chi connectivity index (χ0n) is 15.2. The van der Waals surface area contributed by atoms with Crippen molar-refractivity contribution in [1.29, 1.82) is 0 Å². The second-order valence-electron chi connectivity index (χ2n) is 7.95. The summed E-state index contributed by atoms with van der Waals surface area (Å²) in [7, 11) is 0. The van der Waals surface area contributed by atoms with Gasteiger partial charge in [-0.25, -0.2) is 0 Å². The predicted molar refractivity (Wildman–Crippen MR) is 98.7 cm³/mol. The van der Waals surface area contributed by atoms with Gasteiger partial charge in [0.1, 0.15) is 12.4 Å². The molecule has 25 heavy (non-hydrogen) atoms. The van der Waals surface area contributed by atoms with Crippen LogP contribution in [-0.4, -0.2) is 55.0 Å². The van der Waals surface area contributed by atoms with E-state index in [-0.39, 0.29) is 11.8 Å². The maximum atomic E-state index is 12.9. The minimum Gasteiger partial charge on any atom is -0.492 e. The Balaban J connectivity index is 1.27. The van der Waals surface area contributed by atoms with Gasteiger partial charge < -0.3 is 9.64 Å². The first-order valence-electron chi connectivity index (χ1n) is 10.0. The van der Waals surface area contributed by atoms with Crippen LogP contribution in [0.1, 0.15) is 37.7 Å². The zero-order valence-corrected chi connectivity index (χ0v) is 15.2. The Morgan fingerprint density at radius 1 is 1.04 bits per heavy atom. The maximum absolute atomic E-state index is 12.9. The standard InChI is InChI=1S/C21H30N2O2/c24-21(19-14-18-8-4-5-9-20(18)25-16-19)23-12-10-22(11-13-23)15-17-6-2-1-3-7-17/h4-5,8-9,17,19H,1-3,6-7,10-16H2. The molecule has 1 saturated heterocycles. The minimum atomic E-state index is -0.0141. The highest BCUT2D eigenvalue weighted by atomic mass is 16.5. The molecule has 0 spiro atoms. The lowest BCUT2D eigenvalue weighted by Crippen LogP contribution is -2.52. The topological polar surface area (TPSA) is 32.8 Å². The van der Waals surface area contributed by atoms with E-state index in [4.69, 9.17) is 4.74 Å². The summed E-state index contributed by atoms with van der Waals surface area (Å²) in [6.07, 6.45) is 7.86. The van der Waals surface area contributed by atoms with E-state index in [0.29, 0.717) is 6.61 Å². The van der Waals surface area contributed by atoms with Gasteiger partial charge in [0.15, 0.2) is 0 Å². The summed E-state index contributed by atoms with van der Waals surface area (Å²) in [5.74, 6) is 2.11. The minimum absolute atomic E-state index is 0.0141. The molecule has 4 rings (SSSR count). The van der Waals surface area contributed by atoms with Gasteiger partial charge in [0.05, 0.1) is 5.92 Å². The number of hydrogen-bond donors (Lipinski definition) is 0. The summed E-state index contributed by atoms with van der Waals surface area (Å²) in [6.45, 7) is 5.59. The lowest BCUT2D eigenvalue weighted by molar-refractivity contribution is -0.138. The van der Waals surface area contributed by atoms with Crippen LogP contribution in [0.5, 0.6) is 5.75 Å². The molecule has 2 aliphatic heterocycles. The normalized spacial score (nSPS) is 25.3. The number of carbonyl (C=O) groups is 1. The molecule has 1 amide bonds. The van der Waals surface area contributed by atoms with Gasteiger partial charge in [0.2, 0.25) is 5.91 Å². The van der Waals surface area contributed by atoms with Gasteiger partial charge in [0, 0.05) is 32.7 Å². The molecular formula is C21H30N2O2. The molecule has 3 aliphatic rings. The van der Waals surface area contributed by atoms with Gasteiger partial charge in [-0.15, -0.1) is 0 Å². The summed E-state index contributed by atoms with van der Waals surface area (Å²) in [5, 5.41) is 0. The molecule has 1 unspecified atom stereocenters. The van der Waals surface area contributed by atoms with Crippen LogP contribution in [-0.2, 0) is 11.2 Å². The molecule has 0 radical (unpaired) electrons. The summed E-state index contributed by atoms with van der Waals surface area (Å²) < 4.78 is 5.81. The number of para-hydroxylation sites is 1. The molecule has 1 aromatic carbocycles. The fourth-order valence-electron chi connectivity index (χ4n) is 4.63. The third kappa shape index (κ3) is 4.00. The molecule has 0 N–H and O–H groups in total. The van der Waals surface area contributed by atoms with Crippen LogP contribution in [0.4, 0.5) is 0 Å². The number of ether oxygens (including phenoxy) is 1. The van der Waals surface area contributed by atoms with Crippen molar-refractivity contribution in [2.45, 2.75) is 38.5 Å².